The molecular formula is C17H24FNO. The lowest BCUT2D eigenvalue weighted by molar-refractivity contribution is -0.0846. The first-order valence-electron chi connectivity index (χ1n) is 7.82. The molecule has 110 valence electrons. The van der Waals surface area contributed by atoms with E-state index in [0.29, 0.717) is 6.04 Å². The van der Waals surface area contributed by atoms with Crippen LogP contribution in [-0.4, -0.2) is 18.2 Å². The molecule has 0 bridgehead atoms. The molecule has 1 aromatic rings. The maximum absolute atomic E-state index is 13.0. The van der Waals surface area contributed by atoms with E-state index in [-0.39, 0.29) is 17.5 Å². The number of hydrogen-bond acceptors (Lipinski definition) is 2. The van der Waals surface area contributed by atoms with Crippen molar-refractivity contribution in [1.82, 2.24) is 5.32 Å². The summed E-state index contributed by atoms with van der Waals surface area (Å²) < 4.78 is 19.0. The van der Waals surface area contributed by atoms with Crippen LogP contribution in [0.3, 0.4) is 0 Å². The molecule has 2 aliphatic rings. The van der Waals surface area contributed by atoms with Crippen molar-refractivity contribution in [3.05, 3.63) is 35.6 Å². The Balaban J connectivity index is 1.60. The average molecular weight is 277 g/mol. The minimum Gasteiger partial charge on any atom is -0.375 e. The van der Waals surface area contributed by atoms with Gasteiger partial charge in [-0.3, -0.25) is 0 Å². The number of halogens is 1. The third-order valence-corrected chi connectivity index (χ3v) is 4.86. The first-order chi connectivity index (χ1) is 9.67. The Morgan fingerprint density at radius 2 is 1.95 bits per heavy atom. The third-order valence-electron chi connectivity index (χ3n) is 4.86. The second-order valence-electron chi connectivity index (χ2n) is 6.37. The first-order valence-corrected chi connectivity index (χ1v) is 7.82. The molecule has 1 aliphatic heterocycles. The Kier molecular flexibility index (Phi) is 4.08. The highest BCUT2D eigenvalue weighted by molar-refractivity contribution is 5.19. The minimum atomic E-state index is -0.170. The van der Waals surface area contributed by atoms with Gasteiger partial charge in [0, 0.05) is 18.7 Å². The summed E-state index contributed by atoms with van der Waals surface area (Å²) in [6.07, 6.45) is 7.25. The quantitative estimate of drug-likeness (QED) is 0.902. The molecule has 0 aromatic heterocycles. The van der Waals surface area contributed by atoms with E-state index in [4.69, 9.17) is 4.74 Å². The Labute approximate surface area is 120 Å². The van der Waals surface area contributed by atoms with E-state index in [9.17, 15) is 4.39 Å². The molecule has 1 saturated carbocycles. The summed E-state index contributed by atoms with van der Waals surface area (Å²) in [5, 5.41) is 3.70. The monoisotopic (exact) mass is 277 g/mol. The molecular weight excluding hydrogens is 253 g/mol. The zero-order valence-corrected chi connectivity index (χ0v) is 12.2. The van der Waals surface area contributed by atoms with Crippen molar-refractivity contribution in [3.63, 3.8) is 0 Å². The molecule has 2 nitrogen and oxygen atoms in total. The second kappa shape index (κ2) is 5.82. The number of nitrogens with one attached hydrogen (secondary N) is 1. The highest BCUT2D eigenvalue weighted by Crippen LogP contribution is 2.40. The van der Waals surface area contributed by atoms with Gasteiger partial charge in [0.15, 0.2) is 0 Å². The van der Waals surface area contributed by atoms with Crippen LogP contribution >= 0.6 is 0 Å². The van der Waals surface area contributed by atoms with Crippen LogP contribution in [0.2, 0.25) is 0 Å². The summed E-state index contributed by atoms with van der Waals surface area (Å²) in [5.74, 6) is -0.170. The van der Waals surface area contributed by atoms with Gasteiger partial charge in [0.2, 0.25) is 0 Å². The Bertz CT molecular complexity index is 439. The van der Waals surface area contributed by atoms with Crippen molar-refractivity contribution in [1.29, 1.82) is 0 Å². The van der Waals surface area contributed by atoms with E-state index in [0.717, 1.165) is 25.0 Å². The van der Waals surface area contributed by atoms with Gasteiger partial charge in [-0.05, 0) is 50.3 Å². The van der Waals surface area contributed by atoms with E-state index in [1.165, 1.54) is 37.8 Å². The number of rotatable bonds is 3. The summed E-state index contributed by atoms with van der Waals surface area (Å²) in [7, 11) is 0. The smallest absolute Gasteiger partial charge is 0.123 e. The number of benzene rings is 1. The van der Waals surface area contributed by atoms with Crippen molar-refractivity contribution in [3.8, 4) is 0 Å². The van der Waals surface area contributed by atoms with Gasteiger partial charge < -0.3 is 10.1 Å². The molecule has 3 heteroatoms. The van der Waals surface area contributed by atoms with E-state index >= 15 is 0 Å². The summed E-state index contributed by atoms with van der Waals surface area (Å²) in [5.41, 5.74) is 1.30. The van der Waals surface area contributed by atoms with Crippen LogP contribution < -0.4 is 5.32 Å². The lowest BCUT2D eigenvalue weighted by atomic mass is 9.88. The average Bonchev–Trinajstić information content (AvgIpc) is 2.87. The van der Waals surface area contributed by atoms with Crippen molar-refractivity contribution in [2.24, 2.45) is 0 Å². The Hall–Kier alpha value is -0.930. The fraction of sp³-hybridized carbons (Fsp3) is 0.647. The van der Waals surface area contributed by atoms with Gasteiger partial charge in [0.05, 0.1) is 5.60 Å². The van der Waals surface area contributed by atoms with Crippen molar-refractivity contribution >= 4 is 0 Å². The molecule has 3 rings (SSSR count). The van der Waals surface area contributed by atoms with Crippen molar-refractivity contribution in [2.45, 2.75) is 63.1 Å². The molecule has 1 unspecified atom stereocenters. The Morgan fingerprint density at radius 1 is 1.25 bits per heavy atom. The summed E-state index contributed by atoms with van der Waals surface area (Å²) in [6.45, 7) is 3.03. The van der Waals surface area contributed by atoms with Gasteiger partial charge in [0.25, 0.3) is 0 Å². The number of hydrogen-bond donors (Lipinski definition) is 1. The molecule has 1 saturated heterocycles. The lowest BCUT2D eigenvalue weighted by Crippen LogP contribution is -2.46. The lowest BCUT2D eigenvalue weighted by Gasteiger charge is -2.39. The number of ether oxygens (including phenoxy) is 1. The minimum absolute atomic E-state index is 0.151. The van der Waals surface area contributed by atoms with Crippen LogP contribution in [0, 0.1) is 5.82 Å². The van der Waals surface area contributed by atoms with Gasteiger partial charge >= 0.3 is 0 Å². The van der Waals surface area contributed by atoms with E-state index < -0.39 is 0 Å². The van der Waals surface area contributed by atoms with Crippen LogP contribution in [-0.2, 0) is 4.74 Å². The van der Waals surface area contributed by atoms with E-state index in [1.54, 1.807) is 0 Å². The standard InChI is InChI=1S/C17H24FNO/c1-13(14-4-6-15(18)7-5-14)19-16-8-11-20-17(12-16)9-2-3-10-17/h4-7,13,16,19H,2-3,8-12H2,1H3/t13-,16?/m1/s1. The molecule has 0 amide bonds. The van der Waals surface area contributed by atoms with Gasteiger partial charge in [0.1, 0.15) is 5.82 Å². The zero-order valence-electron chi connectivity index (χ0n) is 12.2. The largest absolute Gasteiger partial charge is 0.375 e. The molecule has 1 N–H and O–H groups in total. The van der Waals surface area contributed by atoms with Crippen LogP contribution in [0.15, 0.2) is 24.3 Å². The molecule has 2 atom stereocenters. The molecule has 2 fully saturated rings. The maximum atomic E-state index is 13.0. The van der Waals surface area contributed by atoms with E-state index in [2.05, 4.69) is 12.2 Å². The molecule has 1 aromatic carbocycles. The highest BCUT2D eigenvalue weighted by atomic mass is 19.1. The summed E-state index contributed by atoms with van der Waals surface area (Å²) in [6, 6.07) is 7.60. The molecule has 0 radical (unpaired) electrons. The molecule has 1 aliphatic carbocycles. The fourth-order valence-electron chi connectivity index (χ4n) is 3.74. The maximum Gasteiger partial charge on any atom is 0.123 e. The zero-order chi connectivity index (χ0) is 14.0. The van der Waals surface area contributed by atoms with Crippen molar-refractivity contribution < 1.29 is 9.13 Å². The topological polar surface area (TPSA) is 21.3 Å². The Morgan fingerprint density at radius 3 is 2.65 bits per heavy atom. The SMILES string of the molecule is C[C@@H](NC1CCOC2(CCCC2)C1)c1ccc(F)cc1. The molecule has 1 heterocycles. The predicted octanol–water partition coefficient (Wildman–Crippen LogP) is 3.97. The normalized spacial score (nSPS) is 26.8. The van der Waals surface area contributed by atoms with Crippen LogP contribution in [0.4, 0.5) is 4.39 Å². The van der Waals surface area contributed by atoms with Crippen LogP contribution in [0.1, 0.15) is 57.1 Å². The van der Waals surface area contributed by atoms with Crippen LogP contribution in [0.5, 0.6) is 0 Å². The molecule has 1 spiro atoms. The van der Waals surface area contributed by atoms with E-state index in [1.807, 2.05) is 12.1 Å². The first kappa shape index (κ1) is 14.0. The summed E-state index contributed by atoms with van der Waals surface area (Å²) >= 11 is 0. The van der Waals surface area contributed by atoms with Gasteiger partial charge in [-0.15, -0.1) is 0 Å². The highest BCUT2D eigenvalue weighted by Gasteiger charge is 2.40. The predicted molar refractivity (Wildman–Crippen MR) is 78.1 cm³/mol. The van der Waals surface area contributed by atoms with Gasteiger partial charge in [-0.2, -0.15) is 0 Å². The van der Waals surface area contributed by atoms with Crippen LogP contribution in [0.25, 0.3) is 0 Å². The fourth-order valence-corrected chi connectivity index (χ4v) is 3.74. The van der Waals surface area contributed by atoms with Crippen molar-refractivity contribution in [2.75, 3.05) is 6.61 Å². The van der Waals surface area contributed by atoms with Gasteiger partial charge in [-0.25, -0.2) is 4.39 Å². The third kappa shape index (κ3) is 3.04. The van der Waals surface area contributed by atoms with Gasteiger partial charge in [-0.1, -0.05) is 25.0 Å². The second-order valence-corrected chi connectivity index (χ2v) is 6.37. The summed E-state index contributed by atoms with van der Waals surface area (Å²) in [4.78, 5) is 0. The molecule has 20 heavy (non-hydrogen) atoms.